The SMILES string of the molecule is CC(C)(C)OC(=O)N1CCN2C[C@H]1COc1cc3ncnc(Nc4ccc(Oc5ccn6ncnc6c5)c(F)c4)c3nc12. The van der Waals surface area contributed by atoms with Crippen molar-refractivity contribution in [3.05, 3.63) is 61.1 Å². The molecule has 7 rings (SSSR count). The Bertz CT molecular complexity index is 1860. The van der Waals surface area contributed by atoms with Crippen LogP contribution in [0.1, 0.15) is 20.8 Å². The van der Waals surface area contributed by atoms with Gasteiger partial charge in [0.1, 0.15) is 36.1 Å². The number of hydrogen-bond donors (Lipinski definition) is 1. The lowest BCUT2D eigenvalue weighted by atomic mass is 10.2. The average molecular weight is 586 g/mol. The van der Waals surface area contributed by atoms with Gasteiger partial charge in [-0.25, -0.2) is 33.6 Å². The molecule has 1 amide bonds. The zero-order valence-electron chi connectivity index (χ0n) is 23.7. The van der Waals surface area contributed by atoms with Crippen LogP contribution in [0, 0.1) is 5.82 Å². The van der Waals surface area contributed by atoms with Crippen molar-refractivity contribution in [3.63, 3.8) is 0 Å². The second-order valence-corrected chi connectivity index (χ2v) is 11.3. The molecule has 14 heteroatoms. The van der Waals surface area contributed by atoms with Crippen molar-refractivity contribution < 1.29 is 23.4 Å². The third kappa shape index (κ3) is 5.27. The number of rotatable bonds is 4. The van der Waals surface area contributed by atoms with E-state index in [-0.39, 0.29) is 17.9 Å². The number of nitrogens with one attached hydrogen (secondary N) is 1. The van der Waals surface area contributed by atoms with Crippen LogP contribution in [0.3, 0.4) is 0 Å². The molecule has 13 nitrogen and oxygen atoms in total. The maximum absolute atomic E-state index is 15.1. The molecule has 0 unspecified atom stereocenters. The van der Waals surface area contributed by atoms with Gasteiger partial charge in [-0.2, -0.15) is 5.10 Å². The second kappa shape index (κ2) is 10.2. The minimum atomic E-state index is -0.589. The molecule has 2 aliphatic rings. The van der Waals surface area contributed by atoms with Crippen molar-refractivity contribution in [1.29, 1.82) is 0 Å². The van der Waals surface area contributed by atoms with Crippen molar-refractivity contribution in [2.45, 2.75) is 32.4 Å². The molecule has 1 atom stereocenters. The molecule has 0 saturated carbocycles. The summed E-state index contributed by atoms with van der Waals surface area (Å²) >= 11 is 0. The van der Waals surface area contributed by atoms with Crippen molar-refractivity contribution in [2.24, 2.45) is 0 Å². The fourth-order valence-corrected chi connectivity index (χ4v) is 5.10. The van der Waals surface area contributed by atoms with Crippen molar-refractivity contribution in [2.75, 3.05) is 36.5 Å². The van der Waals surface area contributed by atoms with E-state index in [2.05, 4.69) is 30.3 Å². The Morgan fingerprint density at radius 3 is 2.81 bits per heavy atom. The molecule has 1 fully saturated rings. The Balaban J connectivity index is 1.12. The number of hydrogen-bond acceptors (Lipinski definition) is 11. The highest BCUT2D eigenvalue weighted by molar-refractivity contribution is 5.90. The lowest BCUT2D eigenvalue weighted by Gasteiger charge is -2.39. The van der Waals surface area contributed by atoms with Crippen LogP contribution in [0.5, 0.6) is 17.2 Å². The molecule has 0 aliphatic carbocycles. The van der Waals surface area contributed by atoms with E-state index in [1.54, 1.807) is 33.8 Å². The molecule has 1 N–H and O–H groups in total. The minimum absolute atomic E-state index is 0.0580. The molecule has 2 aliphatic heterocycles. The van der Waals surface area contributed by atoms with Crippen LogP contribution < -0.4 is 19.7 Å². The number of aromatic nitrogens is 6. The summed E-state index contributed by atoms with van der Waals surface area (Å²) in [5.41, 5.74) is 1.51. The van der Waals surface area contributed by atoms with Crippen molar-refractivity contribution >= 4 is 40.1 Å². The highest BCUT2D eigenvalue weighted by Gasteiger charge is 2.37. The van der Waals surface area contributed by atoms with Crippen LogP contribution >= 0.6 is 0 Å². The summed E-state index contributed by atoms with van der Waals surface area (Å²) in [5, 5.41) is 7.21. The van der Waals surface area contributed by atoms with E-state index in [1.807, 2.05) is 26.8 Å². The molecule has 4 aromatic heterocycles. The van der Waals surface area contributed by atoms with Gasteiger partial charge in [0, 0.05) is 49.7 Å². The number of piperazine rings is 1. The molecule has 0 spiro atoms. The third-order valence-corrected chi connectivity index (χ3v) is 7.07. The Morgan fingerprint density at radius 1 is 1.09 bits per heavy atom. The molecule has 2 bridgehead atoms. The van der Waals surface area contributed by atoms with E-state index in [0.717, 1.165) is 0 Å². The monoisotopic (exact) mass is 585 g/mol. The van der Waals surface area contributed by atoms with Gasteiger partial charge in [0.2, 0.25) is 0 Å². The molecule has 43 heavy (non-hydrogen) atoms. The summed E-state index contributed by atoms with van der Waals surface area (Å²) in [6.07, 6.45) is 4.17. The van der Waals surface area contributed by atoms with Gasteiger partial charge in [0.25, 0.3) is 0 Å². The topological polar surface area (TPSA) is 132 Å². The van der Waals surface area contributed by atoms with Gasteiger partial charge in [-0.3, -0.25) is 4.90 Å². The summed E-state index contributed by atoms with van der Waals surface area (Å²) in [6.45, 7) is 7.41. The van der Waals surface area contributed by atoms with Gasteiger partial charge in [0.05, 0.1) is 11.6 Å². The molecule has 0 radical (unpaired) electrons. The molecule has 6 heterocycles. The summed E-state index contributed by atoms with van der Waals surface area (Å²) in [7, 11) is 0. The van der Waals surface area contributed by atoms with Gasteiger partial charge < -0.3 is 24.4 Å². The number of fused-ring (bicyclic) bond motifs is 6. The Morgan fingerprint density at radius 2 is 1.98 bits per heavy atom. The molecular formula is C29H28FN9O4. The molecule has 1 aromatic carbocycles. The largest absolute Gasteiger partial charge is 0.487 e. The lowest BCUT2D eigenvalue weighted by molar-refractivity contribution is 0.00974. The number of amides is 1. The van der Waals surface area contributed by atoms with E-state index in [1.165, 1.54) is 24.8 Å². The average Bonchev–Trinajstić information content (AvgIpc) is 3.39. The highest BCUT2D eigenvalue weighted by Crippen LogP contribution is 2.36. The zero-order chi connectivity index (χ0) is 29.7. The second-order valence-electron chi connectivity index (χ2n) is 11.3. The standard InChI is InChI=1S/C29H28FN9O4/c1-29(2,3)43-28(40)38-9-8-37-13-18(38)14-41-23-12-21-25(36-27(23)37)26(33-15-31-21)35-17-4-5-22(20(30)10-17)42-19-6-7-39-24(11-19)32-16-34-39/h4-7,10-12,15-16,18H,8-9,13-14H2,1-3H3,(H,31,33,35)/t18-/m0/s1. The number of benzene rings is 1. The maximum atomic E-state index is 15.1. The van der Waals surface area contributed by atoms with Crippen LogP contribution in [-0.4, -0.2) is 78.4 Å². The Labute approximate surface area is 245 Å². The predicted molar refractivity (Wildman–Crippen MR) is 155 cm³/mol. The van der Waals surface area contributed by atoms with Crippen molar-refractivity contribution in [3.8, 4) is 17.2 Å². The first-order valence-corrected chi connectivity index (χ1v) is 13.8. The van der Waals surface area contributed by atoms with E-state index in [0.29, 0.717) is 71.7 Å². The molecule has 5 aromatic rings. The fourth-order valence-electron chi connectivity index (χ4n) is 5.10. The van der Waals surface area contributed by atoms with E-state index in [9.17, 15) is 4.79 Å². The quantitative estimate of drug-likeness (QED) is 0.318. The number of ether oxygens (including phenoxy) is 3. The molecule has 220 valence electrons. The van der Waals surface area contributed by atoms with Crippen LogP contribution in [0.4, 0.5) is 26.5 Å². The van der Waals surface area contributed by atoms with Gasteiger partial charge >= 0.3 is 6.09 Å². The smallest absolute Gasteiger partial charge is 0.410 e. The first-order chi connectivity index (χ1) is 20.7. The zero-order valence-corrected chi connectivity index (χ0v) is 23.7. The Hall–Kier alpha value is -5.27. The fraction of sp³-hybridized carbons (Fsp3) is 0.310. The van der Waals surface area contributed by atoms with Gasteiger partial charge in [0.15, 0.2) is 34.6 Å². The highest BCUT2D eigenvalue weighted by atomic mass is 19.1. The summed E-state index contributed by atoms with van der Waals surface area (Å²) in [6, 6.07) is 9.51. The number of pyridine rings is 2. The van der Waals surface area contributed by atoms with Crippen LogP contribution in [0.25, 0.3) is 16.7 Å². The van der Waals surface area contributed by atoms with Gasteiger partial charge in [-0.05, 0) is 39.0 Å². The number of carbonyl (C=O) groups is 1. The van der Waals surface area contributed by atoms with Gasteiger partial charge in [-0.15, -0.1) is 0 Å². The first kappa shape index (κ1) is 26.6. The summed E-state index contributed by atoms with van der Waals surface area (Å²) in [5.74, 6) is 1.55. The minimum Gasteiger partial charge on any atom is -0.487 e. The van der Waals surface area contributed by atoms with Crippen LogP contribution in [0.15, 0.2) is 55.2 Å². The van der Waals surface area contributed by atoms with E-state index < -0.39 is 11.4 Å². The van der Waals surface area contributed by atoms with E-state index >= 15 is 4.39 Å². The number of anilines is 3. The van der Waals surface area contributed by atoms with Gasteiger partial charge in [-0.1, -0.05) is 0 Å². The predicted octanol–water partition coefficient (Wildman–Crippen LogP) is 4.56. The van der Waals surface area contributed by atoms with Crippen LogP contribution in [0.2, 0.25) is 0 Å². The van der Waals surface area contributed by atoms with Crippen LogP contribution in [-0.2, 0) is 4.74 Å². The molecule has 1 saturated heterocycles. The number of halogens is 1. The number of carbonyl (C=O) groups excluding carboxylic acids is 1. The first-order valence-electron chi connectivity index (χ1n) is 13.8. The molecular weight excluding hydrogens is 557 g/mol. The maximum Gasteiger partial charge on any atom is 0.410 e. The normalized spacial score (nSPS) is 16.4. The lowest BCUT2D eigenvalue weighted by Crippen LogP contribution is -2.57. The third-order valence-electron chi connectivity index (χ3n) is 7.07. The Kier molecular flexibility index (Phi) is 6.33. The van der Waals surface area contributed by atoms with Crippen molar-refractivity contribution in [1.82, 2.24) is 34.4 Å². The summed E-state index contributed by atoms with van der Waals surface area (Å²) in [4.78, 5) is 34.4. The summed E-state index contributed by atoms with van der Waals surface area (Å²) < 4.78 is 34.2. The number of nitrogens with zero attached hydrogens (tertiary/aromatic N) is 8. The van der Waals surface area contributed by atoms with E-state index in [4.69, 9.17) is 19.2 Å².